The van der Waals surface area contributed by atoms with Crippen LogP contribution in [0.5, 0.6) is 11.5 Å². The maximum Gasteiger partial charge on any atom is 0.125 e. The number of ether oxygens (including phenoxy) is 2. The second kappa shape index (κ2) is 10.2. The van der Waals surface area contributed by atoms with Gasteiger partial charge in [0.25, 0.3) is 0 Å². The highest BCUT2D eigenvalue weighted by Gasteiger charge is 2.33. The molecule has 1 aliphatic rings. The first-order valence-electron chi connectivity index (χ1n) is 10.2. The van der Waals surface area contributed by atoms with Crippen molar-refractivity contribution >= 4 is 0 Å². The number of hydrogen-bond acceptors (Lipinski definition) is 4. The summed E-state index contributed by atoms with van der Waals surface area (Å²) < 4.78 is 11.4. The number of unbranched alkanes of at least 4 members (excludes halogenated alkanes) is 1. The average Bonchev–Trinajstić information content (AvgIpc) is 3.43. The first-order valence-corrected chi connectivity index (χ1v) is 10.2. The molecule has 3 N–H and O–H groups in total. The van der Waals surface area contributed by atoms with E-state index < -0.39 is 5.54 Å². The van der Waals surface area contributed by atoms with Gasteiger partial charge in [-0.3, -0.25) is 0 Å². The minimum absolute atomic E-state index is 0.0450. The monoisotopic (exact) mass is 363 g/mol. The predicted octanol–water partition coefficient (Wildman–Crippen LogP) is 4.32. The summed E-state index contributed by atoms with van der Waals surface area (Å²) in [7, 11) is 1.69. The molecule has 1 fully saturated rings. The van der Waals surface area contributed by atoms with Gasteiger partial charge < -0.3 is 20.3 Å². The topological polar surface area (TPSA) is 64.7 Å². The Morgan fingerprint density at radius 2 is 2.04 bits per heavy atom. The predicted molar refractivity (Wildman–Crippen MR) is 107 cm³/mol. The number of aryl methyl sites for hydroxylation is 1. The van der Waals surface area contributed by atoms with Gasteiger partial charge in [0, 0.05) is 11.6 Å². The molecule has 2 rings (SSSR count). The molecule has 26 heavy (non-hydrogen) atoms. The molecule has 1 atom stereocenters. The minimum Gasteiger partial charge on any atom is -0.496 e. The van der Waals surface area contributed by atoms with Crippen molar-refractivity contribution in [2.45, 2.75) is 70.8 Å². The fourth-order valence-corrected chi connectivity index (χ4v) is 3.39. The van der Waals surface area contributed by atoms with Gasteiger partial charge in [0.05, 0.1) is 20.3 Å². The van der Waals surface area contributed by atoms with E-state index in [1.165, 1.54) is 25.7 Å². The van der Waals surface area contributed by atoms with Gasteiger partial charge in [-0.2, -0.15) is 0 Å². The third-order valence-corrected chi connectivity index (χ3v) is 5.30. The molecule has 1 aliphatic carbocycles. The van der Waals surface area contributed by atoms with Crippen molar-refractivity contribution in [2.24, 2.45) is 17.6 Å². The molecule has 1 unspecified atom stereocenters. The molecule has 0 bridgehead atoms. The van der Waals surface area contributed by atoms with Crippen LogP contribution < -0.4 is 15.2 Å². The third kappa shape index (κ3) is 7.16. The Bertz CT molecular complexity index is 542. The number of aliphatic hydroxyl groups is 1. The number of methoxy groups -OCH3 is 1. The van der Waals surface area contributed by atoms with Crippen molar-refractivity contribution in [2.75, 3.05) is 20.3 Å². The Hall–Kier alpha value is -1.26. The molecule has 1 aromatic rings. The molecule has 1 saturated carbocycles. The molecule has 0 amide bonds. The van der Waals surface area contributed by atoms with Gasteiger partial charge in [-0.15, -0.1) is 0 Å². The second-order valence-electron chi connectivity index (χ2n) is 8.38. The van der Waals surface area contributed by atoms with Gasteiger partial charge in [-0.05, 0) is 55.6 Å². The largest absolute Gasteiger partial charge is 0.496 e. The summed E-state index contributed by atoms with van der Waals surface area (Å²) in [5.74, 6) is 3.16. The lowest BCUT2D eigenvalue weighted by Gasteiger charge is -2.27. The van der Waals surface area contributed by atoms with E-state index in [4.69, 9.17) is 15.2 Å². The Morgan fingerprint density at radius 1 is 1.27 bits per heavy atom. The van der Waals surface area contributed by atoms with Crippen molar-refractivity contribution in [3.63, 3.8) is 0 Å². The maximum absolute atomic E-state index is 9.71. The van der Waals surface area contributed by atoms with Crippen LogP contribution in [0.25, 0.3) is 0 Å². The van der Waals surface area contributed by atoms with Crippen LogP contribution in [0.15, 0.2) is 18.2 Å². The van der Waals surface area contributed by atoms with Crippen molar-refractivity contribution < 1.29 is 14.6 Å². The average molecular weight is 364 g/mol. The molecule has 0 heterocycles. The highest BCUT2D eigenvalue weighted by molar-refractivity contribution is 5.41. The number of aliphatic hydroxyl groups excluding tert-OH is 1. The molecule has 4 heteroatoms. The second-order valence-corrected chi connectivity index (χ2v) is 8.38. The third-order valence-electron chi connectivity index (χ3n) is 5.30. The van der Waals surface area contributed by atoms with E-state index in [1.54, 1.807) is 7.11 Å². The molecule has 0 radical (unpaired) electrons. The highest BCUT2D eigenvalue weighted by Crippen LogP contribution is 2.37. The lowest BCUT2D eigenvalue weighted by molar-refractivity contribution is 0.172. The first kappa shape index (κ1) is 21.0. The van der Waals surface area contributed by atoms with Gasteiger partial charge in [0.1, 0.15) is 11.5 Å². The van der Waals surface area contributed by atoms with Crippen LogP contribution in [-0.4, -0.2) is 31.0 Å². The van der Waals surface area contributed by atoms with E-state index in [0.717, 1.165) is 55.3 Å². The summed E-state index contributed by atoms with van der Waals surface area (Å²) in [5, 5.41) is 9.71. The van der Waals surface area contributed by atoms with E-state index in [2.05, 4.69) is 19.9 Å². The van der Waals surface area contributed by atoms with Gasteiger partial charge in [-0.1, -0.05) is 39.2 Å². The van der Waals surface area contributed by atoms with E-state index in [1.807, 2.05) is 12.1 Å². The number of benzene rings is 1. The zero-order chi connectivity index (χ0) is 19.0. The molecular weight excluding hydrogens is 326 g/mol. The maximum atomic E-state index is 9.71. The zero-order valence-electron chi connectivity index (χ0n) is 16.8. The van der Waals surface area contributed by atoms with E-state index in [-0.39, 0.29) is 6.61 Å². The van der Waals surface area contributed by atoms with Gasteiger partial charge in [0.2, 0.25) is 0 Å². The smallest absolute Gasteiger partial charge is 0.125 e. The van der Waals surface area contributed by atoms with Crippen LogP contribution >= 0.6 is 0 Å². The standard InChI is InChI=1S/C22H37NO3/c1-17(2)6-4-5-13-26-20-10-9-19(21(14-20)25-3)11-12-22(23,16-24)15-18-7-8-18/h9-10,14,17-18,24H,4-8,11-13,15-16,23H2,1-3H3. The van der Waals surface area contributed by atoms with Gasteiger partial charge in [-0.25, -0.2) is 0 Å². The van der Waals surface area contributed by atoms with Crippen molar-refractivity contribution in [3.05, 3.63) is 23.8 Å². The highest BCUT2D eigenvalue weighted by atomic mass is 16.5. The van der Waals surface area contributed by atoms with Crippen molar-refractivity contribution in [3.8, 4) is 11.5 Å². The van der Waals surface area contributed by atoms with Crippen LogP contribution in [-0.2, 0) is 6.42 Å². The normalized spacial score (nSPS) is 16.5. The van der Waals surface area contributed by atoms with Gasteiger partial charge in [0.15, 0.2) is 0 Å². The van der Waals surface area contributed by atoms with E-state index >= 15 is 0 Å². The van der Waals surface area contributed by atoms with Crippen LogP contribution in [0.3, 0.4) is 0 Å². The number of nitrogens with two attached hydrogens (primary N) is 1. The minimum atomic E-state index is -0.474. The first-order chi connectivity index (χ1) is 12.5. The summed E-state index contributed by atoms with van der Waals surface area (Å²) in [6.45, 7) is 5.29. The van der Waals surface area contributed by atoms with E-state index in [9.17, 15) is 5.11 Å². The fourth-order valence-electron chi connectivity index (χ4n) is 3.39. The van der Waals surface area contributed by atoms with Crippen LogP contribution in [0, 0.1) is 11.8 Å². The SMILES string of the molecule is COc1cc(OCCCCC(C)C)ccc1CCC(N)(CO)CC1CC1. The molecule has 1 aromatic carbocycles. The van der Waals surface area contributed by atoms with Gasteiger partial charge >= 0.3 is 0 Å². The fraction of sp³-hybridized carbons (Fsp3) is 0.727. The van der Waals surface area contributed by atoms with E-state index in [0.29, 0.717) is 5.92 Å². The molecule has 0 aromatic heterocycles. The molecular formula is C22H37NO3. The van der Waals surface area contributed by atoms with Crippen molar-refractivity contribution in [1.29, 1.82) is 0 Å². The zero-order valence-corrected chi connectivity index (χ0v) is 16.8. The summed E-state index contributed by atoms with van der Waals surface area (Å²) in [4.78, 5) is 0. The quantitative estimate of drug-likeness (QED) is 0.512. The lowest BCUT2D eigenvalue weighted by Crippen LogP contribution is -2.44. The Labute approximate surface area is 159 Å². The number of hydrogen-bond donors (Lipinski definition) is 2. The molecule has 148 valence electrons. The molecule has 0 spiro atoms. The molecule has 0 saturated heterocycles. The Kier molecular flexibility index (Phi) is 8.23. The summed E-state index contributed by atoms with van der Waals surface area (Å²) >= 11 is 0. The summed E-state index contributed by atoms with van der Waals surface area (Å²) in [6.07, 6.45) is 8.54. The van der Waals surface area contributed by atoms with Crippen LogP contribution in [0.4, 0.5) is 0 Å². The van der Waals surface area contributed by atoms with Crippen molar-refractivity contribution in [1.82, 2.24) is 0 Å². The molecule has 0 aliphatic heterocycles. The lowest BCUT2D eigenvalue weighted by atomic mass is 9.87. The van der Waals surface area contributed by atoms with Crippen LogP contribution in [0.1, 0.15) is 64.4 Å². The Balaban J connectivity index is 1.84. The summed E-state index contributed by atoms with van der Waals surface area (Å²) in [6, 6.07) is 6.05. The Morgan fingerprint density at radius 3 is 2.65 bits per heavy atom. The summed E-state index contributed by atoms with van der Waals surface area (Å²) in [5.41, 5.74) is 7.06. The molecule has 4 nitrogen and oxygen atoms in total. The number of rotatable bonds is 13. The van der Waals surface area contributed by atoms with Crippen LogP contribution in [0.2, 0.25) is 0 Å².